The van der Waals surface area contributed by atoms with E-state index in [1.54, 1.807) is 24.4 Å². The lowest BCUT2D eigenvalue weighted by Crippen LogP contribution is -2.39. The minimum absolute atomic E-state index is 0.000141. The molecule has 3 aromatic rings. The largest absolute Gasteiger partial charge is 0.494 e. The van der Waals surface area contributed by atoms with Gasteiger partial charge in [0.2, 0.25) is 0 Å². The normalized spacial score (nSPS) is 20.8. The van der Waals surface area contributed by atoms with Crippen LogP contribution in [0.15, 0.2) is 35.6 Å². The Morgan fingerprint density at radius 2 is 2.10 bits per heavy atom. The van der Waals surface area contributed by atoms with Crippen LogP contribution in [0.2, 0.25) is 0 Å². The number of likely N-dealkylation sites (tertiary alicyclic amines) is 1. The number of amides is 1. The Kier molecular flexibility index (Phi) is 7.73. The summed E-state index contributed by atoms with van der Waals surface area (Å²) in [5.41, 5.74) is 2.90. The van der Waals surface area contributed by atoms with Crippen LogP contribution in [0.1, 0.15) is 68.4 Å². The molecule has 2 fully saturated rings. The number of carbonyl (C=O) groups excluding carboxylic acids is 1. The molecule has 0 radical (unpaired) electrons. The number of nitrogens with one attached hydrogen (secondary N) is 2. The average molecular weight is 543 g/mol. The third-order valence-corrected chi connectivity index (χ3v) is 7.67. The highest BCUT2D eigenvalue weighted by atomic mass is 19.3. The molecule has 0 aliphatic carbocycles. The van der Waals surface area contributed by atoms with E-state index in [9.17, 15) is 18.7 Å². The van der Waals surface area contributed by atoms with Crippen molar-refractivity contribution in [2.24, 2.45) is 4.99 Å². The fourth-order valence-corrected chi connectivity index (χ4v) is 5.46. The number of piperidine rings is 1. The Balaban J connectivity index is 1.33. The molecule has 1 atom stereocenters. The van der Waals surface area contributed by atoms with E-state index < -0.39 is 31.0 Å². The number of halogens is 2. The van der Waals surface area contributed by atoms with Crippen LogP contribution in [0.4, 0.5) is 14.5 Å². The van der Waals surface area contributed by atoms with Gasteiger partial charge in [0.05, 0.1) is 35.8 Å². The van der Waals surface area contributed by atoms with Crippen molar-refractivity contribution < 1.29 is 23.4 Å². The van der Waals surface area contributed by atoms with Gasteiger partial charge in [-0.05, 0) is 51.3 Å². The Morgan fingerprint density at radius 3 is 2.77 bits per heavy atom. The van der Waals surface area contributed by atoms with Gasteiger partial charge in [-0.2, -0.15) is 5.10 Å². The number of hydrogen-bond acceptors (Lipinski definition) is 6. The number of aromatic nitrogens is 3. The van der Waals surface area contributed by atoms with E-state index >= 15 is 0 Å². The summed E-state index contributed by atoms with van der Waals surface area (Å²) in [7, 11) is 0. The summed E-state index contributed by atoms with van der Waals surface area (Å²) in [5.74, 6) is -3.29. The molecule has 11 heteroatoms. The van der Waals surface area contributed by atoms with Crippen molar-refractivity contribution in [3.05, 3.63) is 41.7 Å². The number of H-pyrrole nitrogens is 1. The summed E-state index contributed by atoms with van der Waals surface area (Å²) >= 11 is 0. The fourth-order valence-electron chi connectivity index (χ4n) is 5.46. The monoisotopic (exact) mass is 542 g/mol. The molecule has 0 spiro atoms. The highest BCUT2D eigenvalue weighted by Crippen LogP contribution is 2.32. The molecule has 5 rings (SSSR count). The zero-order chi connectivity index (χ0) is 27.7. The summed E-state index contributed by atoms with van der Waals surface area (Å²) in [6.45, 7) is 7.86. The number of carbonyl (C=O) groups is 1. The highest BCUT2D eigenvalue weighted by Gasteiger charge is 2.40. The minimum atomic E-state index is -2.86. The molecule has 0 saturated carbocycles. The molecular formula is C28H36F2N6O3. The van der Waals surface area contributed by atoms with Crippen LogP contribution < -0.4 is 5.32 Å². The third kappa shape index (κ3) is 5.99. The second-order valence-electron chi connectivity index (χ2n) is 10.8. The number of ether oxygens (including phenoxy) is 1. The average Bonchev–Trinajstić information content (AvgIpc) is 3.61. The summed E-state index contributed by atoms with van der Waals surface area (Å²) in [6, 6.07) is 5.89. The molecule has 4 heterocycles. The van der Waals surface area contributed by atoms with Crippen molar-refractivity contribution in [1.82, 2.24) is 25.0 Å². The first-order valence-electron chi connectivity index (χ1n) is 13.6. The maximum Gasteiger partial charge on any atom is 0.273 e. The smallest absolute Gasteiger partial charge is 0.273 e. The van der Waals surface area contributed by atoms with E-state index in [0.717, 1.165) is 25.9 Å². The first-order chi connectivity index (χ1) is 18.6. The number of rotatable bonds is 8. The molecule has 210 valence electrons. The van der Waals surface area contributed by atoms with Crippen molar-refractivity contribution in [3.8, 4) is 5.88 Å². The molecule has 2 aromatic heterocycles. The lowest BCUT2D eigenvalue weighted by atomic mass is 10.0. The predicted octanol–water partition coefficient (Wildman–Crippen LogP) is 4.80. The van der Waals surface area contributed by atoms with Crippen molar-refractivity contribution >= 4 is 28.2 Å². The van der Waals surface area contributed by atoms with E-state index in [-0.39, 0.29) is 12.4 Å². The van der Waals surface area contributed by atoms with Crippen LogP contribution in [0.5, 0.6) is 5.88 Å². The number of nitrogens with zero attached hydrogens (tertiary/aromatic N) is 4. The maximum atomic E-state index is 13.4. The Hall–Kier alpha value is -3.31. The first kappa shape index (κ1) is 27.3. The molecular weight excluding hydrogens is 506 g/mol. The van der Waals surface area contributed by atoms with Gasteiger partial charge in [0, 0.05) is 48.6 Å². The first-order valence-corrected chi connectivity index (χ1v) is 13.6. The molecule has 39 heavy (non-hydrogen) atoms. The zero-order valence-electron chi connectivity index (χ0n) is 22.6. The molecule has 2 aliphatic rings. The Morgan fingerprint density at radius 1 is 1.33 bits per heavy atom. The maximum absolute atomic E-state index is 13.4. The third-order valence-electron chi connectivity index (χ3n) is 7.67. The fraction of sp³-hybridized carbons (Fsp3) is 0.536. The zero-order valence-corrected chi connectivity index (χ0v) is 22.6. The van der Waals surface area contributed by atoms with Gasteiger partial charge < -0.3 is 25.0 Å². The minimum Gasteiger partial charge on any atom is -0.494 e. The standard InChI is InChI=1S/C28H36F2N6O3/c1-4-23(33-19-13-32-36(15-19)20-7-9-35(10-8-20)17(2)3)25-22-11-18(5-6-24(22)34-27(25)38)26(37)31-14-21-12-28(29,30)16-39-21/h5-6,11,13,15,17,20-21,34,38H,4,7-10,12,14,16H2,1-3H3,(H,31,37)/t21-/m1/s1. The van der Waals surface area contributed by atoms with E-state index in [1.165, 1.54) is 0 Å². The lowest BCUT2D eigenvalue weighted by Gasteiger charge is -2.34. The number of aromatic hydroxyl groups is 1. The molecule has 0 unspecified atom stereocenters. The molecule has 0 bridgehead atoms. The van der Waals surface area contributed by atoms with E-state index in [2.05, 4.69) is 34.1 Å². The van der Waals surface area contributed by atoms with Crippen molar-refractivity contribution in [1.29, 1.82) is 0 Å². The SMILES string of the molecule is CCC(=Nc1cnn(C2CCN(C(C)C)CC2)c1)c1c(O)[nH]c2ccc(C(=O)NC[C@H]3CC(F)(F)CO3)cc12. The van der Waals surface area contributed by atoms with Gasteiger partial charge in [-0.1, -0.05) is 6.92 Å². The number of aliphatic imine (C=N–C) groups is 1. The number of fused-ring (bicyclic) bond motifs is 1. The van der Waals surface area contributed by atoms with Crippen LogP contribution in [0.3, 0.4) is 0 Å². The molecule has 9 nitrogen and oxygen atoms in total. The Bertz CT molecular complexity index is 1360. The van der Waals surface area contributed by atoms with Gasteiger partial charge in [-0.25, -0.2) is 13.8 Å². The quantitative estimate of drug-likeness (QED) is 0.355. The predicted molar refractivity (Wildman–Crippen MR) is 145 cm³/mol. The van der Waals surface area contributed by atoms with Gasteiger partial charge >= 0.3 is 0 Å². The summed E-state index contributed by atoms with van der Waals surface area (Å²) in [4.78, 5) is 23.1. The molecule has 2 aliphatic heterocycles. The summed E-state index contributed by atoms with van der Waals surface area (Å²) in [6.07, 6.45) is 5.17. The van der Waals surface area contributed by atoms with Crippen LogP contribution in [0.25, 0.3) is 10.9 Å². The molecule has 1 aromatic carbocycles. The van der Waals surface area contributed by atoms with Crippen LogP contribution in [0, 0.1) is 0 Å². The lowest BCUT2D eigenvalue weighted by molar-refractivity contribution is -0.00989. The molecule has 1 amide bonds. The molecule has 2 saturated heterocycles. The van der Waals surface area contributed by atoms with E-state index in [0.29, 0.717) is 51.9 Å². The van der Waals surface area contributed by atoms with Crippen LogP contribution >= 0.6 is 0 Å². The van der Waals surface area contributed by atoms with Crippen molar-refractivity contribution in [3.63, 3.8) is 0 Å². The molecule has 3 N–H and O–H groups in total. The second kappa shape index (κ2) is 11.1. The second-order valence-corrected chi connectivity index (χ2v) is 10.8. The highest BCUT2D eigenvalue weighted by molar-refractivity contribution is 6.14. The topological polar surface area (TPSA) is 108 Å². The number of hydrogen-bond donors (Lipinski definition) is 3. The Labute approximate surface area is 226 Å². The van der Waals surface area contributed by atoms with Gasteiger partial charge in [-0.3, -0.25) is 9.48 Å². The van der Waals surface area contributed by atoms with Crippen molar-refractivity contribution in [2.45, 2.75) is 70.6 Å². The van der Waals surface area contributed by atoms with Crippen molar-refractivity contribution in [2.75, 3.05) is 26.2 Å². The van der Waals surface area contributed by atoms with Gasteiger partial charge in [0.25, 0.3) is 11.8 Å². The number of benzene rings is 1. The van der Waals surface area contributed by atoms with Crippen LogP contribution in [-0.4, -0.2) is 80.7 Å². The van der Waals surface area contributed by atoms with Gasteiger partial charge in [0.1, 0.15) is 12.3 Å². The van der Waals surface area contributed by atoms with Crippen LogP contribution in [-0.2, 0) is 4.74 Å². The number of aromatic amines is 1. The summed E-state index contributed by atoms with van der Waals surface area (Å²) in [5, 5.41) is 18.7. The number of alkyl halides is 2. The van der Waals surface area contributed by atoms with Gasteiger partial charge in [0.15, 0.2) is 5.88 Å². The summed E-state index contributed by atoms with van der Waals surface area (Å²) < 4.78 is 33.8. The van der Waals surface area contributed by atoms with E-state index in [1.807, 2.05) is 17.8 Å². The van der Waals surface area contributed by atoms with Gasteiger partial charge in [-0.15, -0.1) is 0 Å². The van der Waals surface area contributed by atoms with E-state index in [4.69, 9.17) is 9.73 Å².